The van der Waals surface area contributed by atoms with Gasteiger partial charge in [-0.05, 0) is 56.2 Å². The number of hydrogen-bond acceptors (Lipinski definition) is 6. The van der Waals surface area contributed by atoms with Crippen molar-refractivity contribution >= 4 is 43.1 Å². The molecule has 0 aliphatic rings. The van der Waals surface area contributed by atoms with Crippen molar-refractivity contribution in [3.63, 3.8) is 0 Å². The van der Waals surface area contributed by atoms with Gasteiger partial charge in [0.05, 0.1) is 26.6 Å². The highest BCUT2D eigenvalue weighted by molar-refractivity contribution is 7.91. The average Bonchev–Trinajstić information content (AvgIpc) is 3.31. The highest BCUT2D eigenvalue weighted by Gasteiger charge is 2.18. The van der Waals surface area contributed by atoms with Gasteiger partial charge in [0.25, 0.3) is 5.91 Å². The second-order valence-corrected chi connectivity index (χ2v) is 10.7. The topological polar surface area (TPSA) is 94.0 Å². The van der Waals surface area contributed by atoms with Crippen molar-refractivity contribution in [2.45, 2.75) is 32.6 Å². The smallest absolute Gasteiger partial charge is 0.256 e. The predicted octanol–water partition coefficient (Wildman–Crippen LogP) is 4.45. The molecule has 0 bridgehead atoms. The van der Waals surface area contributed by atoms with Crippen molar-refractivity contribution in [3.8, 4) is 5.13 Å². The van der Waals surface area contributed by atoms with Crippen LogP contribution in [0.15, 0.2) is 47.4 Å². The van der Waals surface area contributed by atoms with Gasteiger partial charge in [-0.3, -0.25) is 4.79 Å². The van der Waals surface area contributed by atoms with E-state index in [0.29, 0.717) is 10.9 Å². The van der Waals surface area contributed by atoms with E-state index in [1.807, 2.05) is 20.8 Å². The maximum absolute atomic E-state index is 12.9. The van der Waals surface area contributed by atoms with Gasteiger partial charge in [0, 0.05) is 11.6 Å². The molecule has 0 saturated heterocycles. The first kappa shape index (κ1) is 21.2. The third-order valence-corrected chi connectivity index (χ3v) is 7.62. The molecule has 0 aliphatic carbocycles. The molecule has 1 amide bonds. The molecule has 0 radical (unpaired) electrons. The molecule has 9 heteroatoms. The summed E-state index contributed by atoms with van der Waals surface area (Å²) in [5.74, 6) is 0.0303. The Morgan fingerprint density at radius 2 is 1.90 bits per heavy atom. The Morgan fingerprint density at radius 1 is 1.13 bits per heavy atom. The van der Waals surface area contributed by atoms with Gasteiger partial charge in [-0.2, -0.15) is 9.78 Å². The number of carbonyl (C=O) groups excluding carboxylic acids is 1. The van der Waals surface area contributed by atoms with Crippen LogP contribution < -0.4 is 5.32 Å². The molecule has 4 rings (SSSR count). The van der Waals surface area contributed by atoms with E-state index in [1.54, 1.807) is 29.8 Å². The van der Waals surface area contributed by atoms with E-state index in [0.717, 1.165) is 27.0 Å². The number of nitrogens with zero attached hydrogens (tertiary/aromatic N) is 3. The number of amides is 1. The molecule has 0 fully saturated rings. The molecular weight excluding hydrogens is 432 g/mol. The molecule has 2 aromatic carbocycles. The van der Waals surface area contributed by atoms with Gasteiger partial charge in [-0.25, -0.2) is 13.4 Å². The lowest BCUT2D eigenvalue weighted by Crippen LogP contribution is -2.16. The van der Waals surface area contributed by atoms with Crippen LogP contribution in [0.3, 0.4) is 0 Å². The zero-order valence-electron chi connectivity index (χ0n) is 17.6. The van der Waals surface area contributed by atoms with Crippen molar-refractivity contribution in [1.29, 1.82) is 0 Å². The molecule has 31 heavy (non-hydrogen) atoms. The number of hydrogen-bond donors (Lipinski definition) is 1. The maximum Gasteiger partial charge on any atom is 0.256 e. The Morgan fingerprint density at radius 3 is 2.65 bits per heavy atom. The lowest BCUT2D eigenvalue weighted by molar-refractivity contribution is 0.102. The fourth-order valence-electron chi connectivity index (χ4n) is 3.37. The van der Waals surface area contributed by atoms with Gasteiger partial charge in [0.1, 0.15) is 5.82 Å². The number of aryl methyl sites for hydroxylation is 3. The monoisotopic (exact) mass is 454 g/mol. The minimum atomic E-state index is -3.40. The highest BCUT2D eigenvalue weighted by atomic mass is 32.2. The first-order valence-electron chi connectivity index (χ1n) is 9.77. The summed E-state index contributed by atoms with van der Waals surface area (Å²) in [7, 11) is -3.40. The standard InChI is InChI=1S/C22H22N4O3S2/c1-5-31(28,29)17-8-6-7-16(12-17)21(27)23-19-11-15(4)25-26(19)22-24-20-14(3)9-13(2)10-18(20)30-22/h6-12H,5H2,1-4H3,(H,23,27). The average molecular weight is 455 g/mol. The predicted molar refractivity (Wildman–Crippen MR) is 123 cm³/mol. The second-order valence-electron chi connectivity index (χ2n) is 7.39. The Kier molecular flexibility index (Phi) is 5.40. The van der Waals surface area contributed by atoms with Crippen LogP contribution >= 0.6 is 11.3 Å². The molecule has 0 saturated carbocycles. The summed E-state index contributed by atoms with van der Waals surface area (Å²) in [5, 5.41) is 7.99. The SMILES string of the molecule is CCS(=O)(=O)c1cccc(C(=O)Nc2cc(C)nn2-c2nc3c(C)cc(C)cc3s2)c1. The molecule has 0 spiro atoms. The summed E-state index contributed by atoms with van der Waals surface area (Å²) in [6, 6.07) is 12.0. The Hall–Kier alpha value is -3.04. The van der Waals surface area contributed by atoms with E-state index in [9.17, 15) is 13.2 Å². The van der Waals surface area contributed by atoms with Crippen LogP contribution in [0.2, 0.25) is 0 Å². The lowest BCUT2D eigenvalue weighted by atomic mass is 10.1. The van der Waals surface area contributed by atoms with Crippen LogP contribution in [0.1, 0.15) is 34.1 Å². The summed E-state index contributed by atoms with van der Waals surface area (Å²) < 4.78 is 27.0. The number of rotatable bonds is 5. The van der Waals surface area contributed by atoms with Gasteiger partial charge in [-0.1, -0.05) is 30.4 Å². The number of benzene rings is 2. The van der Waals surface area contributed by atoms with Crippen molar-refractivity contribution in [2.24, 2.45) is 0 Å². The third kappa shape index (κ3) is 4.11. The highest BCUT2D eigenvalue weighted by Crippen LogP contribution is 2.30. The number of aromatic nitrogens is 3. The van der Waals surface area contributed by atoms with Gasteiger partial charge in [0.2, 0.25) is 5.13 Å². The van der Waals surface area contributed by atoms with Gasteiger partial charge in [0.15, 0.2) is 9.84 Å². The number of anilines is 1. The zero-order chi connectivity index (χ0) is 22.3. The minimum Gasteiger partial charge on any atom is -0.306 e. The van der Waals surface area contributed by atoms with Crippen molar-refractivity contribution < 1.29 is 13.2 Å². The third-order valence-electron chi connectivity index (χ3n) is 4.91. The Labute approximate surface area is 184 Å². The van der Waals surface area contributed by atoms with Gasteiger partial charge < -0.3 is 5.32 Å². The van der Waals surface area contributed by atoms with Gasteiger partial charge in [-0.15, -0.1) is 0 Å². The van der Waals surface area contributed by atoms with E-state index in [1.165, 1.54) is 23.5 Å². The van der Waals surface area contributed by atoms with Crippen LogP contribution in [0.5, 0.6) is 0 Å². The van der Waals surface area contributed by atoms with Crippen LogP contribution in [0.25, 0.3) is 15.3 Å². The maximum atomic E-state index is 12.9. The molecule has 4 aromatic rings. The minimum absolute atomic E-state index is 0.0272. The fourth-order valence-corrected chi connectivity index (χ4v) is 5.40. The van der Waals surface area contributed by atoms with Crippen LogP contribution in [0.4, 0.5) is 5.82 Å². The number of nitrogens with one attached hydrogen (secondary N) is 1. The van der Waals surface area contributed by atoms with Crippen molar-refractivity contribution in [1.82, 2.24) is 14.8 Å². The van der Waals surface area contributed by atoms with Gasteiger partial charge >= 0.3 is 0 Å². The number of carbonyl (C=O) groups is 1. The molecule has 0 aliphatic heterocycles. The first-order chi connectivity index (χ1) is 14.7. The number of sulfone groups is 1. The summed E-state index contributed by atoms with van der Waals surface area (Å²) in [6.45, 7) is 7.48. The van der Waals surface area contributed by atoms with Crippen molar-refractivity contribution in [3.05, 3.63) is 64.8 Å². The molecule has 0 atom stereocenters. The summed E-state index contributed by atoms with van der Waals surface area (Å²) in [4.78, 5) is 17.7. The molecular formula is C22H22N4O3S2. The summed E-state index contributed by atoms with van der Waals surface area (Å²) in [5.41, 5.74) is 4.14. The normalized spacial score (nSPS) is 11.7. The lowest BCUT2D eigenvalue weighted by Gasteiger charge is -2.08. The van der Waals surface area contributed by atoms with E-state index in [-0.39, 0.29) is 16.2 Å². The number of thiazole rings is 1. The molecule has 2 heterocycles. The largest absolute Gasteiger partial charge is 0.306 e. The van der Waals surface area contributed by atoms with Crippen LogP contribution in [-0.4, -0.2) is 34.8 Å². The first-order valence-corrected chi connectivity index (χ1v) is 12.2. The number of fused-ring (bicyclic) bond motifs is 1. The Bertz CT molecular complexity index is 1420. The molecule has 160 valence electrons. The van der Waals surface area contributed by atoms with Crippen LogP contribution in [0, 0.1) is 20.8 Å². The second kappa shape index (κ2) is 7.90. The zero-order valence-corrected chi connectivity index (χ0v) is 19.3. The summed E-state index contributed by atoms with van der Waals surface area (Å²) >= 11 is 1.50. The van der Waals surface area contributed by atoms with Crippen LogP contribution in [-0.2, 0) is 9.84 Å². The van der Waals surface area contributed by atoms with E-state index >= 15 is 0 Å². The Balaban J connectivity index is 1.70. The molecule has 7 nitrogen and oxygen atoms in total. The van der Waals surface area contributed by atoms with E-state index < -0.39 is 15.7 Å². The quantitative estimate of drug-likeness (QED) is 0.481. The molecule has 1 N–H and O–H groups in total. The van der Waals surface area contributed by atoms with E-state index in [2.05, 4.69) is 22.5 Å². The molecule has 0 unspecified atom stereocenters. The van der Waals surface area contributed by atoms with E-state index in [4.69, 9.17) is 4.98 Å². The fraction of sp³-hybridized carbons (Fsp3) is 0.227. The molecule has 2 aromatic heterocycles. The summed E-state index contributed by atoms with van der Waals surface area (Å²) in [6.07, 6.45) is 0. The van der Waals surface area contributed by atoms with Crippen molar-refractivity contribution in [2.75, 3.05) is 11.1 Å².